The summed E-state index contributed by atoms with van der Waals surface area (Å²) in [6, 6.07) is 0. The SMILES string of the molecule is C/C=C1\CC[C@H]2[C@@H]3CCC4=CC(=O)CC[C@]4(C)C3[C@@H](O)C[C@]12C. The summed E-state index contributed by atoms with van der Waals surface area (Å²) >= 11 is 0. The molecule has 4 rings (SSSR count). The third-order valence-corrected chi connectivity index (χ3v) is 8.09. The van der Waals surface area contributed by atoms with E-state index in [1.807, 2.05) is 6.08 Å². The largest absolute Gasteiger partial charge is 0.393 e. The first-order valence-electron chi connectivity index (χ1n) is 9.48. The van der Waals surface area contributed by atoms with Crippen LogP contribution in [0.1, 0.15) is 65.7 Å². The number of fused-ring (bicyclic) bond motifs is 5. The lowest BCUT2D eigenvalue weighted by Crippen LogP contribution is -2.55. The molecular weight excluding hydrogens is 284 g/mol. The standard InChI is InChI=1S/C21H30O2/c1-4-13-6-8-17-16-7-5-14-11-15(22)9-10-20(14,2)19(16)18(23)12-21(13,17)3/h4,11,16-19,23H,5-10,12H2,1-3H3/b13-4+/t16-,17-,18-,19?,20-,21+/m0/s1. The van der Waals surface area contributed by atoms with Crippen LogP contribution in [0.2, 0.25) is 0 Å². The molecular formula is C21H30O2. The van der Waals surface area contributed by atoms with Crippen molar-refractivity contribution in [2.24, 2.45) is 28.6 Å². The maximum Gasteiger partial charge on any atom is 0.155 e. The zero-order valence-corrected chi connectivity index (χ0v) is 14.8. The number of aliphatic hydroxyl groups is 1. The second-order valence-electron chi connectivity index (χ2n) is 8.93. The molecule has 1 unspecified atom stereocenters. The van der Waals surface area contributed by atoms with E-state index < -0.39 is 0 Å². The van der Waals surface area contributed by atoms with Gasteiger partial charge in [0.1, 0.15) is 0 Å². The van der Waals surface area contributed by atoms with Crippen LogP contribution < -0.4 is 0 Å². The third-order valence-electron chi connectivity index (χ3n) is 8.09. The summed E-state index contributed by atoms with van der Waals surface area (Å²) in [5.41, 5.74) is 3.17. The van der Waals surface area contributed by atoms with Crippen molar-refractivity contribution >= 4 is 5.78 Å². The molecule has 0 saturated heterocycles. The van der Waals surface area contributed by atoms with Crippen LogP contribution in [0.25, 0.3) is 0 Å². The molecule has 4 aliphatic carbocycles. The van der Waals surface area contributed by atoms with Gasteiger partial charge < -0.3 is 5.11 Å². The van der Waals surface area contributed by atoms with Gasteiger partial charge in [-0.1, -0.05) is 31.1 Å². The van der Waals surface area contributed by atoms with Crippen LogP contribution in [0.4, 0.5) is 0 Å². The smallest absolute Gasteiger partial charge is 0.155 e. The van der Waals surface area contributed by atoms with E-state index in [1.165, 1.54) is 18.4 Å². The normalized spacial score (nSPS) is 51.0. The van der Waals surface area contributed by atoms with Gasteiger partial charge in [-0.3, -0.25) is 4.79 Å². The van der Waals surface area contributed by atoms with Gasteiger partial charge in [0.15, 0.2) is 5.78 Å². The lowest BCUT2D eigenvalue weighted by molar-refractivity contribution is -0.124. The fourth-order valence-electron chi connectivity index (χ4n) is 7.01. The Bertz CT molecular complexity index is 601. The van der Waals surface area contributed by atoms with E-state index >= 15 is 0 Å². The predicted molar refractivity (Wildman–Crippen MR) is 91.9 cm³/mol. The van der Waals surface area contributed by atoms with Crippen molar-refractivity contribution in [3.63, 3.8) is 0 Å². The average Bonchev–Trinajstić information content (AvgIpc) is 2.83. The van der Waals surface area contributed by atoms with E-state index in [0.29, 0.717) is 24.0 Å². The molecule has 3 saturated carbocycles. The van der Waals surface area contributed by atoms with Crippen LogP contribution in [0.3, 0.4) is 0 Å². The Morgan fingerprint density at radius 3 is 2.70 bits per heavy atom. The van der Waals surface area contributed by atoms with E-state index in [4.69, 9.17) is 0 Å². The Kier molecular flexibility index (Phi) is 3.43. The molecule has 0 amide bonds. The zero-order chi connectivity index (χ0) is 16.4. The number of aliphatic hydroxyl groups excluding tert-OH is 1. The number of rotatable bonds is 0. The van der Waals surface area contributed by atoms with Crippen molar-refractivity contribution in [1.82, 2.24) is 0 Å². The first kappa shape index (κ1) is 15.6. The molecule has 0 aliphatic heterocycles. The number of ketones is 1. The minimum atomic E-state index is -0.226. The highest BCUT2D eigenvalue weighted by molar-refractivity contribution is 5.91. The van der Waals surface area contributed by atoms with Gasteiger partial charge in [0.25, 0.3) is 0 Å². The van der Waals surface area contributed by atoms with Gasteiger partial charge in [0, 0.05) is 6.42 Å². The van der Waals surface area contributed by atoms with E-state index in [9.17, 15) is 9.90 Å². The van der Waals surface area contributed by atoms with Crippen LogP contribution in [0, 0.1) is 28.6 Å². The fourth-order valence-corrected chi connectivity index (χ4v) is 7.01. The van der Waals surface area contributed by atoms with E-state index in [0.717, 1.165) is 31.6 Å². The summed E-state index contributed by atoms with van der Waals surface area (Å²) in [5, 5.41) is 11.2. The zero-order valence-electron chi connectivity index (χ0n) is 14.8. The molecule has 0 aromatic heterocycles. The number of hydrogen-bond donors (Lipinski definition) is 1. The Morgan fingerprint density at radius 2 is 1.96 bits per heavy atom. The topological polar surface area (TPSA) is 37.3 Å². The fraction of sp³-hybridized carbons (Fsp3) is 0.762. The van der Waals surface area contributed by atoms with Gasteiger partial charge in [-0.15, -0.1) is 0 Å². The Hall–Kier alpha value is -0.890. The Balaban J connectivity index is 1.75. The predicted octanol–water partition coefficient (Wildman–Crippen LogP) is 4.44. The molecule has 0 radical (unpaired) electrons. The molecule has 3 fully saturated rings. The first-order valence-corrected chi connectivity index (χ1v) is 9.48. The van der Waals surface area contributed by atoms with Gasteiger partial charge >= 0.3 is 0 Å². The van der Waals surface area contributed by atoms with Gasteiger partial charge in [0.05, 0.1) is 6.10 Å². The molecule has 2 nitrogen and oxygen atoms in total. The quantitative estimate of drug-likeness (QED) is 0.671. The van der Waals surface area contributed by atoms with Crippen molar-refractivity contribution < 1.29 is 9.90 Å². The van der Waals surface area contributed by atoms with Crippen LogP contribution >= 0.6 is 0 Å². The molecule has 6 atom stereocenters. The van der Waals surface area contributed by atoms with E-state index in [2.05, 4.69) is 26.8 Å². The summed E-state index contributed by atoms with van der Waals surface area (Å²) in [6.07, 6.45) is 11.2. The number of hydrogen-bond acceptors (Lipinski definition) is 2. The van der Waals surface area contributed by atoms with E-state index in [-0.39, 0.29) is 16.9 Å². The molecule has 4 aliphatic rings. The highest BCUT2D eigenvalue weighted by Crippen LogP contribution is 2.66. The second-order valence-corrected chi connectivity index (χ2v) is 8.93. The molecule has 0 bridgehead atoms. The van der Waals surface area contributed by atoms with Crippen molar-refractivity contribution in [2.75, 3.05) is 0 Å². The van der Waals surface area contributed by atoms with Crippen molar-refractivity contribution in [3.05, 3.63) is 23.3 Å². The monoisotopic (exact) mass is 314 g/mol. The van der Waals surface area contributed by atoms with Gasteiger partial charge in [-0.25, -0.2) is 0 Å². The summed E-state index contributed by atoms with van der Waals surface area (Å²) in [6.45, 7) is 6.90. The summed E-state index contributed by atoms with van der Waals surface area (Å²) in [4.78, 5) is 11.9. The Labute approximate surface area is 140 Å². The molecule has 23 heavy (non-hydrogen) atoms. The van der Waals surface area contributed by atoms with E-state index in [1.54, 1.807) is 5.57 Å². The molecule has 0 heterocycles. The molecule has 126 valence electrons. The molecule has 0 aromatic rings. The summed E-state index contributed by atoms with van der Waals surface area (Å²) < 4.78 is 0. The molecule has 0 aromatic carbocycles. The number of carbonyl (C=O) groups is 1. The maximum atomic E-state index is 11.9. The summed E-state index contributed by atoms with van der Waals surface area (Å²) in [5.74, 6) is 1.99. The van der Waals surface area contributed by atoms with Crippen molar-refractivity contribution in [2.45, 2.75) is 71.8 Å². The second kappa shape index (κ2) is 5.05. The summed E-state index contributed by atoms with van der Waals surface area (Å²) in [7, 11) is 0. The van der Waals surface area contributed by atoms with Gasteiger partial charge in [-0.2, -0.15) is 0 Å². The minimum Gasteiger partial charge on any atom is -0.393 e. The minimum absolute atomic E-state index is 0.0518. The van der Waals surface area contributed by atoms with Crippen molar-refractivity contribution in [1.29, 1.82) is 0 Å². The lowest BCUT2D eigenvalue weighted by Gasteiger charge is -2.59. The van der Waals surface area contributed by atoms with Crippen LogP contribution in [0.5, 0.6) is 0 Å². The lowest BCUT2D eigenvalue weighted by atomic mass is 9.46. The van der Waals surface area contributed by atoms with Crippen LogP contribution in [0.15, 0.2) is 23.3 Å². The highest BCUT2D eigenvalue weighted by atomic mass is 16.3. The molecule has 0 spiro atoms. The van der Waals surface area contributed by atoms with Crippen molar-refractivity contribution in [3.8, 4) is 0 Å². The van der Waals surface area contributed by atoms with Crippen LogP contribution in [-0.4, -0.2) is 17.0 Å². The Morgan fingerprint density at radius 1 is 1.17 bits per heavy atom. The maximum absolute atomic E-state index is 11.9. The first-order chi connectivity index (χ1) is 10.9. The highest BCUT2D eigenvalue weighted by Gasteiger charge is 2.60. The van der Waals surface area contributed by atoms with Gasteiger partial charge in [0.2, 0.25) is 0 Å². The number of allylic oxidation sites excluding steroid dienone is 3. The molecule has 1 N–H and O–H groups in total. The van der Waals surface area contributed by atoms with Gasteiger partial charge in [-0.05, 0) is 80.1 Å². The number of carbonyl (C=O) groups excluding carboxylic acids is 1. The van der Waals surface area contributed by atoms with Crippen LogP contribution in [-0.2, 0) is 4.79 Å². The third kappa shape index (κ3) is 2.00. The average molecular weight is 314 g/mol. The molecule has 2 heteroatoms.